The lowest BCUT2D eigenvalue weighted by Crippen LogP contribution is -2.49. The molecule has 1 atom stereocenters. The van der Waals surface area contributed by atoms with Crippen LogP contribution in [0.5, 0.6) is 5.75 Å². The Balaban J connectivity index is 1.46. The fraction of sp³-hybridized carbons (Fsp3) is 0.619. The van der Waals surface area contributed by atoms with E-state index in [1.165, 1.54) is 5.56 Å². The summed E-state index contributed by atoms with van der Waals surface area (Å²) < 4.78 is 5.22. The van der Waals surface area contributed by atoms with Crippen molar-refractivity contribution < 1.29 is 14.3 Å². The molecule has 2 saturated heterocycles. The van der Waals surface area contributed by atoms with Gasteiger partial charge >= 0.3 is 0 Å². The average molecular weight is 373 g/mol. The first-order valence-corrected chi connectivity index (χ1v) is 9.97. The number of methoxy groups -OCH3 is 1. The molecule has 0 bridgehead atoms. The Morgan fingerprint density at radius 3 is 2.44 bits per heavy atom. The zero-order valence-corrected chi connectivity index (χ0v) is 16.4. The average Bonchev–Trinajstić information content (AvgIpc) is 3.09. The number of hydrogen-bond acceptors (Lipinski definition) is 4. The van der Waals surface area contributed by atoms with E-state index < -0.39 is 0 Å². The van der Waals surface area contributed by atoms with Crippen molar-refractivity contribution in [2.24, 2.45) is 0 Å². The van der Waals surface area contributed by atoms with E-state index in [0.717, 1.165) is 57.5 Å². The monoisotopic (exact) mass is 373 g/mol. The van der Waals surface area contributed by atoms with Gasteiger partial charge < -0.3 is 15.0 Å². The molecule has 2 aliphatic heterocycles. The van der Waals surface area contributed by atoms with E-state index >= 15 is 0 Å². The molecule has 0 saturated carbocycles. The standard InChI is InChI=1S/C21H31N3O3/c1-16(25)23-12-9-18(10-13-23)22-21(26)15-24-11-3-4-19(24)14-17-5-7-20(27-2)8-6-17/h5-8,18-19H,3-4,9-15H2,1-2H3,(H,22,26)/t19-/m1/s1. The van der Waals surface area contributed by atoms with Gasteiger partial charge in [-0.25, -0.2) is 0 Å². The second-order valence-electron chi connectivity index (χ2n) is 7.67. The molecule has 27 heavy (non-hydrogen) atoms. The van der Waals surface area contributed by atoms with Crippen LogP contribution in [0.4, 0.5) is 0 Å². The number of likely N-dealkylation sites (tertiary alicyclic amines) is 2. The van der Waals surface area contributed by atoms with Crippen LogP contribution < -0.4 is 10.1 Å². The van der Waals surface area contributed by atoms with Gasteiger partial charge in [-0.1, -0.05) is 12.1 Å². The highest BCUT2D eigenvalue weighted by atomic mass is 16.5. The highest BCUT2D eigenvalue weighted by Gasteiger charge is 2.28. The molecule has 1 N–H and O–H groups in total. The Kier molecular flexibility index (Phi) is 6.72. The van der Waals surface area contributed by atoms with E-state index in [0.29, 0.717) is 12.6 Å². The lowest BCUT2D eigenvalue weighted by Gasteiger charge is -2.32. The normalized spacial score (nSPS) is 21.3. The summed E-state index contributed by atoms with van der Waals surface area (Å²) >= 11 is 0. The van der Waals surface area contributed by atoms with E-state index in [-0.39, 0.29) is 17.9 Å². The van der Waals surface area contributed by atoms with Gasteiger partial charge in [-0.2, -0.15) is 0 Å². The smallest absolute Gasteiger partial charge is 0.234 e. The lowest BCUT2D eigenvalue weighted by atomic mass is 10.0. The first-order valence-electron chi connectivity index (χ1n) is 9.97. The summed E-state index contributed by atoms with van der Waals surface area (Å²) in [5.41, 5.74) is 1.28. The summed E-state index contributed by atoms with van der Waals surface area (Å²) in [5, 5.41) is 3.17. The largest absolute Gasteiger partial charge is 0.497 e. The van der Waals surface area contributed by atoms with Gasteiger partial charge in [-0.05, 0) is 56.3 Å². The molecule has 0 radical (unpaired) electrons. The van der Waals surface area contributed by atoms with Crippen LogP contribution in [0.3, 0.4) is 0 Å². The third-order valence-corrected chi connectivity index (χ3v) is 5.78. The van der Waals surface area contributed by atoms with E-state index in [2.05, 4.69) is 22.3 Å². The molecule has 6 nitrogen and oxygen atoms in total. The summed E-state index contributed by atoms with van der Waals surface area (Å²) in [6, 6.07) is 8.82. The van der Waals surface area contributed by atoms with Crippen molar-refractivity contribution in [3.63, 3.8) is 0 Å². The number of carbonyl (C=O) groups excluding carboxylic acids is 2. The molecule has 2 amide bonds. The summed E-state index contributed by atoms with van der Waals surface area (Å²) in [6.45, 7) is 4.54. The number of nitrogens with zero attached hydrogens (tertiary/aromatic N) is 2. The Hall–Kier alpha value is -2.08. The van der Waals surface area contributed by atoms with Crippen LogP contribution in [-0.2, 0) is 16.0 Å². The van der Waals surface area contributed by atoms with Crippen molar-refractivity contribution >= 4 is 11.8 Å². The minimum Gasteiger partial charge on any atom is -0.497 e. The van der Waals surface area contributed by atoms with Gasteiger partial charge in [-0.3, -0.25) is 14.5 Å². The second-order valence-corrected chi connectivity index (χ2v) is 7.67. The molecule has 6 heteroatoms. The van der Waals surface area contributed by atoms with Crippen molar-refractivity contribution in [2.75, 3.05) is 33.3 Å². The summed E-state index contributed by atoms with van der Waals surface area (Å²) in [7, 11) is 1.68. The highest BCUT2D eigenvalue weighted by Crippen LogP contribution is 2.22. The summed E-state index contributed by atoms with van der Waals surface area (Å²) in [5.74, 6) is 1.10. The molecule has 3 rings (SSSR count). The first kappa shape index (κ1) is 19.7. The first-order chi connectivity index (χ1) is 13.0. The predicted octanol–water partition coefficient (Wildman–Crippen LogP) is 1.83. The van der Waals surface area contributed by atoms with Crippen LogP contribution in [0.15, 0.2) is 24.3 Å². The van der Waals surface area contributed by atoms with Gasteiger partial charge in [0.25, 0.3) is 0 Å². The highest BCUT2D eigenvalue weighted by molar-refractivity contribution is 5.78. The molecule has 0 aliphatic carbocycles. The van der Waals surface area contributed by atoms with Gasteiger partial charge in [-0.15, -0.1) is 0 Å². The van der Waals surface area contributed by atoms with Crippen molar-refractivity contribution in [3.8, 4) is 5.75 Å². The fourth-order valence-corrected chi connectivity index (χ4v) is 4.16. The van der Waals surface area contributed by atoms with E-state index in [9.17, 15) is 9.59 Å². The number of nitrogens with one attached hydrogen (secondary N) is 1. The zero-order chi connectivity index (χ0) is 19.2. The van der Waals surface area contributed by atoms with Gasteiger partial charge in [0.15, 0.2) is 0 Å². The van der Waals surface area contributed by atoms with Gasteiger partial charge in [0.05, 0.1) is 13.7 Å². The molecular weight excluding hydrogens is 342 g/mol. The Labute approximate surface area is 161 Å². The second kappa shape index (κ2) is 9.22. The Morgan fingerprint density at radius 2 is 1.81 bits per heavy atom. The van der Waals surface area contributed by atoms with Gasteiger partial charge in [0.1, 0.15) is 5.75 Å². The van der Waals surface area contributed by atoms with E-state index in [4.69, 9.17) is 4.74 Å². The van der Waals surface area contributed by atoms with Crippen LogP contribution in [-0.4, -0.2) is 67.0 Å². The summed E-state index contributed by atoms with van der Waals surface area (Å²) in [6.07, 6.45) is 4.94. The lowest BCUT2D eigenvalue weighted by molar-refractivity contribution is -0.130. The van der Waals surface area contributed by atoms with E-state index in [1.54, 1.807) is 14.0 Å². The molecule has 0 spiro atoms. The van der Waals surface area contributed by atoms with Crippen LogP contribution in [0.2, 0.25) is 0 Å². The maximum atomic E-state index is 12.5. The molecular formula is C21H31N3O3. The number of hydrogen-bond donors (Lipinski definition) is 1. The van der Waals surface area contributed by atoms with Crippen LogP contribution in [0, 0.1) is 0 Å². The number of piperidine rings is 1. The fourth-order valence-electron chi connectivity index (χ4n) is 4.16. The quantitative estimate of drug-likeness (QED) is 0.826. The van der Waals surface area contributed by atoms with Crippen molar-refractivity contribution in [2.45, 2.75) is 51.1 Å². The van der Waals surface area contributed by atoms with Crippen LogP contribution in [0.1, 0.15) is 38.2 Å². The Bertz CT molecular complexity index is 639. The number of carbonyl (C=O) groups is 2. The van der Waals surface area contributed by atoms with Crippen molar-refractivity contribution in [1.29, 1.82) is 0 Å². The molecule has 1 aromatic rings. The third-order valence-electron chi connectivity index (χ3n) is 5.78. The summed E-state index contributed by atoms with van der Waals surface area (Å²) in [4.78, 5) is 28.1. The van der Waals surface area contributed by atoms with Crippen molar-refractivity contribution in [3.05, 3.63) is 29.8 Å². The molecule has 0 unspecified atom stereocenters. The zero-order valence-electron chi connectivity index (χ0n) is 16.4. The van der Waals surface area contributed by atoms with Crippen LogP contribution >= 0.6 is 0 Å². The topological polar surface area (TPSA) is 61.9 Å². The molecule has 2 heterocycles. The number of rotatable bonds is 6. The van der Waals surface area contributed by atoms with Crippen LogP contribution in [0.25, 0.3) is 0 Å². The third kappa shape index (κ3) is 5.45. The van der Waals surface area contributed by atoms with Gasteiger partial charge in [0, 0.05) is 32.1 Å². The number of benzene rings is 1. The molecule has 0 aromatic heterocycles. The Morgan fingerprint density at radius 1 is 1.11 bits per heavy atom. The van der Waals surface area contributed by atoms with E-state index in [1.807, 2.05) is 17.0 Å². The minimum atomic E-state index is 0.109. The predicted molar refractivity (Wildman–Crippen MR) is 105 cm³/mol. The molecule has 1 aromatic carbocycles. The van der Waals surface area contributed by atoms with Crippen molar-refractivity contribution in [1.82, 2.24) is 15.1 Å². The molecule has 148 valence electrons. The maximum Gasteiger partial charge on any atom is 0.234 e. The number of ether oxygens (including phenoxy) is 1. The molecule has 2 fully saturated rings. The molecule has 2 aliphatic rings. The number of amides is 2. The maximum absolute atomic E-state index is 12.5. The SMILES string of the molecule is COc1ccc(C[C@H]2CCCN2CC(=O)NC2CCN(C(C)=O)CC2)cc1. The minimum absolute atomic E-state index is 0.109. The van der Waals surface area contributed by atoms with Gasteiger partial charge in [0.2, 0.25) is 11.8 Å².